The Morgan fingerprint density at radius 1 is 1.17 bits per heavy atom. The molecule has 0 aliphatic carbocycles. The number of hydrogen-bond acceptors (Lipinski definition) is 4. The zero-order valence-corrected chi connectivity index (χ0v) is 19.3. The lowest BCUT2D eigenvalue weighted by atomic mass is 10.1. The third-order valence-electron chi connectivity index (χ3n) is 4.10. The van der Waals surface area contributed by atoms with Gasteiger partial charge in [0.05, 0.1) is 11.3 Å². The maximum Gasteiger partial charge on any atom is 0.434 e. The second kappa shape index (κ2) is 11.3. The van der Waals surface area contributed by atoms with Crippen LogP contribution in [0.5, 0.6) is 0 Å². The fourth-order valence-corrected chi connectivity index (χ4v) is 3.41. The summed E-state index contributed by atoms with van der Waals surface area (Å²) >= 11 is 1.01. The molecule has 0 atom stereocenters. The molecule has 3 aromatic rings. The monoisotopic (exact) mass is 550 g/mol. The number of rotatable bonds is 7. The molecule has 0 aliphatic rings. The third kappa shape index (κ3) is 7.27. The van der Waals surface area contributed by atoms with Crippen LogP contribution in [0.3, 0.4) is 0 Å². The Morgan fingerprint density at radius 2 is 1.90 bits per heavy atom. The van der Waals surface area contributed by atoms with Gasteiger partial charge in [-0.15, -0.1) is 35.3 Å². The number of alkyl halides is 3. The molecular formula is C19H22F3IN6S. The van der Waals surface area contributed by atoms with Crippen LogP contribution in [0.25, 0.3) is 0 Å². The lowest BCUT2D eigenvalue weighted by Gasteiger charge is -2.12. The standard InChI is InChI=1S/C19H21F3N6S.HI/c1-23-18(25-7-6-17-27-16(12-29-17)19(20,21)22)26-10-14-2-4-15(5-3-14)11-28-9-8-24-13-28;/h2-5,8-9,12-13H,6-7,10-11H2,1H3,(H2,23,25,26);1H. The Balaban J connectivity index is 0.00000320. The van der Waals surface area contributed by atoms with Crippen LogP contribution >= 0.6 is 35.3 Å². The van der Waals surface area contributed by atoms with E-state index in [9.17, 15) is 13.2 Å². The molecular weight excluding hydrogens is 528 g/mol. The van der Waals surface area contributed by atoms with Crippen molar-refractivity contribution in [1.29, 1.82) is 0 Å². The first-order valence-corrected chi connectivity index (χ1v) is 9.81. The van der Waals surface area contributed by atoms with E-state index in [0.717, 1.165) is 28.8 Å². The fourth-order valence-electron chi connectivity index (χ4n) is 2.60. The van der Waals surface area contributed by atoms with Crippen LogP contribution in [0.4, 0.5) is 13.2 Å². The van der Waals surface area contributed by atoms with Gasteiger partial charge in [-0.25, -0.2) is 9.97 Å². The summed E-state index contributed by atoms with van der Waals surface area (Å²) in [6.45, 7) is 1.79. The van der Waals surface area contributed by atoms with E-state index >= 15 is 0 Å². The number of guanidine groups is 1. The molecule has 2 N–H and O–H groups in total. The Morgan fingerprint density at radius 3 is 2.50 bits per heavy atom. The predicted octanol–water partition coefficient (Wildman–Crippen LogP) is 3.93. The van der Waals surface area contributed by atoms with E-state index in [1.54, 1.807) is 19.6 Å². The summed E-state index contributed by atoms with van der Waals surface area (Å²) in [5.74, 6) is 0.583. The zero-order chi connectivity index (χ0) is 20.7. The summed E-state index contributed by atoms with van der Waals surface area (Å²) in [4.78, 5) is 11.8. The molecule has 0 radical (unpaired) electrons. The molecule has 0 spiro atoms. The number of imidazole rings is 1. The number of benzene rings is 1. The SMILES string of the molecule is CN=C(NCCc1nc(C(F)(F)F)cs1)NCc1ccc(Cn2ccnc2)cc1.I. The molecule has 0 saturated heterocycles. The highest BCUT2D eigenvalue weighted by Gasteiger charge is 2.33. The molecule has 0 saturated carbocycles. The van der Waals surface area contributed by atoms with Crippen LogP contribution in [0.15, 0.2) is 53.4 Å². The van der Waals surface area contributed by atoms with Crippen molar-refractivity contribution in [1.82, 2.24) is 25.2 Å². The first-order valence-electron chi connectivity index (χ1n) is 8.93. The van der Waals surface area contributed by atoms with E-state index in [-0.39, 0.29) is 24.0 Å². The average molecular weight is 550 g/mol. The van der Waals surface area contributed by atoms with Gasteiger partial charge in [-0.05, 0) is 11.1 Å². The van der Waals surface area contributed by atoms with E-state index in [0.29, 0.717) is 30.5 Å². The molecule has 11 heteroatoms. The molecule has 0 aliphatic heterocycles. The van der Waals surface area contributed by atoms with Crippen molar-refractivity contribution in [2.45, 2.75) is 25.7 Å². The fraction of sp³-hybridized carbons (Fsp3) is 0.316. The van der Waals surface area contributed by atoms with Crippen LogP contribution < -0.4 is 10.6 Å². The third-order valence-corrected chi connectivity index (χ3v) is 5.01. The summed E-state index contributed by atoms with van der Waals surface area (Å²) in [6, 6.07) is 8.21. The van der Waals surface area contributed by atoms with E-state index < -0.39 is 11.9 Å². The molecule has 0 unspecified atom stereocenters. The topological polar surface area (TPSA) is 67.1 Å². The molecule has 3 rings (SSSR count). The minimum Gasteiger partial charge on any atom is -0.356 e. The van der Waals surface area contributed by atoms with Crippen LogP contribution in [-0.4, -0.2) is 34.1 Å². The maximum atomic E-state index is 12.6. The summed E-state index contributed by atoms with van der Waals surface area (Å²) in [6.07, 6.45) is 1.45. The van der Waals surface area contributed by atoms with E-state index in [4.69, 9.17) is 0 Å². The van der Waals surface area contributed by atoms with Gasteiger partial charge in [-0.3, -0.25) is 4.99 Å². The van der Waals surface area contributed by atoms with E-state index in [1.165, 1.54) is 5.56 Å². The van der Waals surface area contributed by atoms with Crippen molar-refractivity contribution in [2.75, 3.05) is 13.6 Å². The second-order valence-corrected chi connectivity index (χ2v) is 7.22. The van der Waals surface area contributed by atoms with Crippen LogP contribution in [0, 0.1) is 0 Å². The lowest BCUT2D eigenvalue weighted by molar-refractivity contribution is -0.140. The number of thiazole rings is 1. The summed E-state index contributed by atoms with van der Waals surface area (Å²) in [5, 5.41) is 7.76. The molecule has 2 heterocycles. The number of halogens is 4. The maximum absolute atomic E-state index is 12.6. The van der Waals surface area contributed by atoms with Crippen LogP contribution in [-0.2, 0) is 25.7 Å². The number of nitrogens with one attached hydrogen (secondary N) is 2. The quantitative estimate of drug-likeness (QED) is 0.266. The van der Waals surface area contributed by atoms with Crippen LogP contribution in [0.1, 0.15) is 21.8 Å². The van der Waals surface area contributed by atoms with Crippen LogP contribution in [0.2, 0.25) is 0 Å². The highest BCUT2D eigenvalue weighted by molar-refractivity contribution is 14.0. The van der Waals surface area contributed by atoms with Gasteiger partial charge in [-0.1, -0.05) is 24.3 Å². The summed E-state index contributed by atoms with van der Waals surface area (Å²) < 4.78 is 39.7. The van der Waals surface area contributed by atoms with Crippen molar-refractivity contribution in [2.24, 2.45) is 4.99 Å². The van der Waals surface area contributed by atoms with Crippen molar-refractivity contribution in [3.05, 3.63) is 70.2 Å². The molecule has 0 fully saturated rings. The van der Waals surface area contributed by atoms with Crippen molar-refractivity contribution < 1.29 is 13.2 Å². The number of aromatic nitrogens is 3. The average Bonchev–Trinajstić information content (AvgIpc) is 3.37. The highest BCUT2D eigenvalue weighted by Crippen LogP contribution is 2.29. The van der Waals surface area contributed by atoms with Gasteiger partial charge in [0.15, 0.2) is 11.7 Å². The first kappa shape index (κ1) is 24.1. The Hall–Kier alpha value is -2.15. The largest absolute Gasteiger partial charge is 0.434 e. The highest BCUT2D eigenvalue weighted by atomic mass is 127. The molecule has 30 heavy (non-hydrogen) atoms. The van der Waals surface area contributed by atoms with Crippen molar-refractivity contribution >= 4 is 41.3 Å². The van der Waals surface area contributed by atoms with Gasteiger partial charge in [0.2, 0.25) is 0 Å². The van der Waals surface area contributed by atoms with Crippen molar-refractivity contribution in [3.63, 3.8) is 0 Å². The van der Waals surface area contributed by atoms with Gasteiger partial charge in [0.25, 0.3) is 0 Å². The zero-order valence-electron chi connectivity index (χ0n) is 16.2. The van der Waals surface area contributed by atoms with Crippen molar-refractivity contribution in [3.8, 4) is 0 Å². The Bertz CT molecular complexity index is 923. The predicted molar refractivity (Wildman–Crippen MR) is 122 cm³/mol. The van der Waals surface area contributed by atoms with Gasteiger partial charge in [-0.2, -0.15) is 13.2 Å². The summed E-state index contributed by atoms with van der Waals surface area (Å²) in [5.41, 5.74) is 1.43. The molecule has 162 valence electrons. The molecule has 2 aromatic heterocycles. The van der Waals surface area contributed by atoms with Gasteiger partial charge < -0.3 is 15.2 Å². The molecule has 1 aromatic carbocycles. The molecule has 0 bridgehead atoms. The summed E-state index contributed by atoms with van der Waals surface area (Å²) in [7, 11) is 1.65. The Kier molecular flexibility index (Phi) is 9.08. The number of nitrogens with zero attached hydrogens (tertiary/aromatic N) is 4. The number of hydrogen-bond donors (Lipinski definition) is 2. The second-order valence-electron chi connectivity index (χ2n) is 6.28. The molecule has 6 nitrogen and oxygen atoms in total. The van der Waals surface area contributed by atoms with E-state index in [1.807, 2.05) is 22.9 Å². The minimum atomic E-state index is -4.39. The number of aliphatic imine (C=N–C) groups is 1. The van der Waals surface area contributed by atoms with Gasteiger partial charge in [0, 0.05) is 50.9 Å². The van der Waals surface area contributed by atoms with Gasteiger partial charge in [0.1, 0.15) is 0 Å². The minimum absolute atomic E-state index is 0. The first-order chi connectivity index (χ1) is 13.9. The van der Waals surface area contributed by atoms with Gasteiger partial charge >= 0.3 is 6.18 Å². The molecule has 0 amide bonds. The Labute approximate surface area is 193 Å². The smallest absolute Gasteiger partial charge is 0.356 e. The van der Waals surface area contributed by atoms with E-state index in [2.05, 4.69) is 37.7 Å². The lowest BCUT2D eigenvalue weighted by Crippen LogP contribution is -2.37. The normalized spacial score (nSPS) is 11.8.